The number of piperidine rings is 1. The smallest absolute Gasteiger partial charge is 0.273 e. The first kappa shape index (κ1) is 22.6. The van der Waals surface area contributed by atoms with E-state index in [2.05, 4.69) is 20.6 Å². The molecule has 2 N–H and O–H groups in total. The van der Waals surface area contributed by atoms with Gasteiger partial charge in [-0.25, -0.2) is 18.7 Å². The van der Waals surface area contributed by atoms with Crippen molar-refractivity contribution in [1.82, 2.24) is 25.2 Å². The van der Waals surface area contributed by atoms with Crippen LogP contribution in [0, 0.1) is 23.0 Å². The number of hydrogen-bond donors (Lipinski definition) is 2. The SMILES string of the molecule is COc1ncc(-n2c(-c3ccc(C#N)c(F)c3)nc(C(=O)N[C@H]3CCCNC3)c2Cl)cc1F. The number of aromatic nitrogens is 3. The van der Waals surface area contributed by atoms with E-state index in [4.69, 9.17) is 21.6 Å². The molecular weight excluding hydrogens is 454 g/mol. The van der Waals surface area contributed by atoms with Gasteiger partial charge in [0.15, 0.2) is 11.5 Å². The van der Waals surface area contributed by atoms with E-state index in [9.17, 15) is 13.6 Å². The molecule has 0 aliphatic carbocycles. The van der Waals surface area contributed by atoms with Gasteiger partial charge in [0.05, 0.1) is 24.6 Å². The molecular formula is C22H19ClF2N6O2. The predicted molar refractivity (Wildman–Crippen MR) is 116 cm³/mol. The minimum Gasteiger partial charge on any atom is -0.479 e. The number of methoxy groups -OCH3 is 1. The molecule has 4 rings (SSSR count). The maximum absolute atomic E-state index is 14.4. The number of nitriles is 1. The molecule has 0 unspecified atom stereocenters. The van der Waals surface area contributed by atoms with Gasteiger partial charge in [-0.2, -0.15) is 5.26 Å². The second-order valence-electron chi connectivity index (χ2n) is 7.42. The number of carbonyl (C=O) groups excluding carboxylic acids is 1. The molecule has 1 saturated heterocycles. The molecule has 2 aromatic heterocycles. The lowest BCUT2D eigenvalue weighted by atomic mass is 10.1. The maximum atomic E-state index is 14.4. The number of benzene rings is 1. The van der Waals surface area contributed by atoms with Crippen LogP contribution in [0.15, 0.2) is 30.5 Å². The largest absolute Gasteiger partial charge is 0.479 e. The first-order valence-corrected chi connectivity index (χ1v) is 10.5. The van der Waals surface area contributed by atoms with Gasteiger partial charge < -0.3 is 15.4 Å². The summed E-state index contributed by atoms with van der Waals surface area (Å²) in [6.45, 7) is 1.50. The quantitative estimate of drug-likeness (QED) is 0.590. The lowest BCUT2D eigenvalue weighted by molar-refractivity contribution is 0.0926. The fourth-order valence-electron chi connectivity index (χ4n) is 3.64. The number of amides is 1. The Morgan fingerprint density at radius 3 is 2.82 bits per heavy atom. The summed E-state index contributed by atoms with van der Waals surface area (Å²) in [5.74, 6) is -2.16. The summed E-state index contributed by atoms with van der Waals surface area (Å²) in [4.78, 5) is 21.2. The number of carbonyl (C=O) groups is 1. The molecule has 8 nitrogen and oxygen atoms in total. The van der Waals surface area contributed by atoms with E-state index in [-0.39, 0.29) is 45.4 Å². The fraction of sp³-hybridized carbons (Fsp3) is 0.273. The highest BCUT2D eigenvalue weighted by molar-refractivity contribution is 6.33. The molecule has 11 heteroatoms. The molecule has 0 bridgehead atoms. The van der Waals surface area contributed by atoms with Crippen molar-refractivity contribution in [3.63, 3.8) is 0 Å². The Labute approximate surface area is 193 Å². The molecule has 1 amide bonds. The fourth-order valence-corrected chi connectivity index (χ4v) is 3.94. The Bertz CT molecular complexity index is 1250. The number of hydrogen-bond acceptors (Lipinski definition) is 6. The normalized spacial score (nSPS) is 15.7. The molecule has 1 aliphatic rings. The van der Waals surface area contributed by atoms with Crippen molar-refractivity contribution in [3.05, 3.63) is 58.5 Å². The first-order chi connectivity index (χ1) is 15.9. The Kier molecular flexibility index (Phi) is 6.53. The van der Waals surface area contributed by atoms with Gasteiger partial charge in [0.25, 0.3) is 5.91 Å². The van der Waals surface area contributed by atoms with Crippen molar-refractivity contribution in [1.29, 1.82) is 5.26 Å². The lowest BCUT2D eigenvalue weighted by Gasteiger charge is -2.23. The third kappa shape index (κ3) is 4.51. The van der Waals surface area contributed by atoms with Gasteiger partial charge in [0.2, 0.25) is 5.88 Å². The topological polar surface area (TPSA) is 105 Å². The van der Waals surface area contributed by atoms with Crippen LogP contribution in [0.4, 0.5) is 8.78 Å². The van der Waals surface area contributed by atoms with E-state index in [1.165, 1.54) is 30.0 Å². The monoisotopic (exact) mass is 472 g/mol. The van der Waals surface area contributed by atoms with Crippen LogP contribution >= 0.6 is 11.6 Å². The molecule has 0 spiro atoms. The zero-order valence-electron chi connectivity index (χ0n) is 17.5. The number of nitrogens with one attached hydrogen (secondary N) is 2. The van der Waals surface area contributed by atoms with Crippen molar-refractivity contribution in [2.75, 3.05) is 20.2 Å². The number of imidazole rings is 1. The van der Waals surface area contributed by atoms with Crippen molar-refractivity contribution in [2.45, 2.75) is 18.9 Å². The van der Waals surface area contributed by atoms with Crippen LogP contribution in [0.5, 0.6) is 5.88 Å². The van der Waals surface area contributed by atoms with Gasteiger partial charge in [0.1, 0.15) is 22.9 Å². The van der Waals surface area contributed by atoms with Crippen LogP contribution in [-0.2, 0) is 0 Å². The summed E-state index contributed by atoms with van der Waals surface area (Å²) in [7, 11) is 1.28. The summed E-state index contributed by atoms with van der Waals surface area (Å²) >= 11 is 6.55. The molecule has 33 heavy (non-hydrogen) atoms. The Balaban J connectivity index is 1.82. The van der Waals surface area contributed by atoms with Gasteiger partial charge in [-0.15, -0.1) is 0 Å². The zero-order valence-corrected chi connectivity index (χ0v) is 18.3. The summed E-state index contributed by atoms with van der Waals surface area (Å²) in [5, 5.41) is 15.0. The van der Waals surface area contributed by atoms with Crippen LogP contribution in [0.2, 0.25) is 5.15 Å². The van der Waals surface area contributed by atoms with Gasteiger partial charge in [-0.05, 0) is 37.6 Å². The van der Waals surface area contributed by atoms with E-state index in [1.54, 1.807) is 6.07 Å². The van der Waals surface area contributed by atoms with Crippen LogP contribution in [0.25, 0.3) is 17.1 Å². The highest BCUT2D eigenvalue weighted by Crippen LogP contribution is 2.32. The average molecular weight is 473 g/mol. The van der Waals surface area contributed by atoms with Crippen LogP contribution in [0.1, 0.15) is 28.9 Å². The molecule has 170 valence electrons. The van der Waals surface area contributed by atoms with Crippen molar-refractivity contribution in [2.24, 2.45) is 0 Å². The number of pyridine rings is 1. The first-order valence-electron chi connectivity index (χ1n) is 10.1. The molecule has 1 aromatic carbocycles. The number of ether oxygens (including phenoxy) is 1. The Morgan fingerprint density at radius 1 is 1.36 bits per heavy atom. The van der Waals surface area contributed by atoms with Gasteiger partial charge >= 0.3 is 0 Å². The third-order valence-corrected chi connectivity index (χ3v) is 5.61. The summed E-state index contributed by atoms with van der Waals surface area (Å²) in [6, 6.07) is 6.64. The number of rotatable bonds is 5. The van der Waals surface area contributed by atoms with E-state index in [0.717, 1.165) is 31.5 Å². The minimum atomic E-state index is -0.765. The molecule has 1 fully saturated rings. The van der Waals surface area contributed by atoms with Crippen LogP contribution < -0.4 is 15.4 Å². The summed E-state index contributed by atoms with van der Waals surface area (Å²) < 4.78 is 34.9. The zero-order chi connectivity index (χ0) is 23.5. The molecule has 3 heterocycles. The molecule has 3 aromatic rings. The second-order valence-corrected chi connectivity index (χ2v) is 7.78. The van der Waals surface area contributed by atoms with Crippen LogP contribution in [-0.4, -0.2) is 46.7 Å². The number of nitrogens with zero attached hydrogens (tertiary/aromatic N) is 4. The summed E-state index contributed by atoms with van der Waals surface area (Å²) in [5.41, 5.74) is 0.146. The third-order valence-electron chi connectivity index (χ3n) is 5.26. The second kappa shape index (κ2) is 9.52. The van der Waals surface area contributed by atoms with Gasteiger partial charge in [-0.3, -0.25) is 9.36 Å². The Hall–Kier alpha value is -3.55. The molecule has 1 aliphatic heterocycles. The highest BCUT2D eigenvalue weighted by Gasteiger charge is 2.26. The molecule has 1 atom stereocenters. The Morgan fingerprint density at radius 2 is 2.18 bits per heavy atom. The maximum Gasteiger partial charge on any atom is 0.273 e. The van der Waals surface area contributed by atoms with E-state index >= 15 is 0 Å². The van der Waals surface area contributed by atoms with Crippen molar-refractivity contribution in [3.8, 4) is 29.0 Å². The number of halogens is 3. The summed E-state index contributed by atoms with van der Waals surface area (Å²) in [6.07, 6.45) is 3.02. The predicted octanol–water partition coefficient (Wildman–Crippen LogP) is 3.23. The van der Waals surface area contributed by atoms with Gasteiger partial charge in [-0.1, -0.05) is 11.6 Å². The standard InChI is InChI=1S/C22H19ClF2N6O2/c1-33-22-17(25)8-15(11-28-22)31-19(23)18(21(32)29-14-3-2-6-27-10-14)30-20(31)12-4-5-13(9-26)16(24)7-12/h4-5,7-8,11,14,27H,2-3,6,10H2,1H3,(H,29,32)/t14-/m0/s1. The minimum absolute atomic E-state index is 0.0849. The van der Waals surface area contributed by atoms with E-state index in [0.29, 0.717) is 6.54 Å². The van der Waals surface area contributed by atoms with Crippen molar-refractivity contribution < 1.29 is 18.3 Å². The molecule has 0 radical (unpaired) electrons. The average Bonchev–Trinajstić information content (AvgIpc) is 3.16. The van der Waals surface area contributed by atoms with Crippen molar-refractivity contribution >= 4 is 17.5 Å². The highest BCUT2D eigenvalue weighted by atomic mass is 35.5. The van der Waals surface area contributed by atoms with E-state index < -0.39 is 17.5 Å². The molecule has 0 saturated carbocycles. The van der Waals surface area contributed by atoms with Crippen LogP contribution in [0.3, 0.4) is 0 Å². The van der Waals surface area contributed by atoms with E-state index in [1.807, 2.05) is 0 Å². The lowest BCUT2D eigenvalue weighted by Crippen LogP contribution is -2.45. The van der Waals surface area contributed by atoms with Gasteiger partial charge in [0, 0.05) is 24.2 Å².